The highest BCUT2D eigenvalue weighted by molar-refractivity contribution is 7.45. The summed E-state index contributed by atoms with van der Waals surface area (Å²) >= 11 is 0. The molecule has 3 atom stereocenters. The summed E-state index contributed by atoms with van der Waals surface area (Å²) in [6, 6.07) is -0.887. The lowest BCUT2D eigenvalue weighted by molar-refractivity contribution is -0.870. The number of carbonyl (C=O) groups is 1. The molecule has 0 bridgehead atoms. The maximum atomic E-state index is 13.0. The number of rotatable bonds is 64. The minimum Gasteiger partial charge on any atom is -0.756 e. The number of quaternary nitrogens is 1. The van der Waals surface area contributed by atoms with E-state index in [4.69, 9.17) is 9.05 Å². The van der Waals surface area contributed by atoms with Gasteiger partial charge >= 0.3 is 0 Å². The van der Waals surface area contributed by atoms with Crippen LogP contribution in [0.5, 0.6) is 0 Å². The first-order chi connectivity index (χ1) is 38.0. The molecule has 0 aliphatic heterocycles. The molecule has 0 aliphatic carbocycles. The van der Waals surface area contributed by atoms with Crippen molar-refractivity contribution in [3.8, 4) is 0 Å². The second-order valence-electron chi connectivity index (χ2n) is 24.9. The minimum absolute atomic E-state index is 0.000425. The molecule has 0 heterocycles. The van der Waals surface area contributed by atoms with Crippen molar-refractivity contribution in [1.29, 1.82) is 0 Å². The van der Waals surface area contributed by atoms with E-state index in [9.17, 15) is 19.4 Å². The molecule has 0 rings (SSSR count). The van der Waals surface area contributed by atoms with E-state index in [1.54, 1.807) is 6.08 Å². The molecule has 9 heteroatoms. The first-order valence-electron chi connectivity index (χ1n) is 34.4. The van der Waals surface area contributed by atoms with E-state index in [0.29, 0.717) is 17.4 Å². The lowest BCUT2D eigenvalue weighted by Crippen LogP contribution is -2.45. The Labute approximate surface area is 487 Å². The number of aliphatic hydroxyl groups excluding tert-OH is 1. The van der Waals surface area contributed by atoms with Crippen molar-refractivity contribution < 1.29 is 32.9 Å². The monoisotopic (exact) mass is 1120 g/mol. The Morgan fingerprint density at radius 3 is 1.06 bits per heavy atom. The predicted octanol–water partition coefficient (Wildman–Crippen LogP) is 21.0. The van der Waals surface area contributed by atoms with Crippen LogP contribution < -0.4 is 10.2 Å². The van der Waals surface area contributed by atoms with Crippen LogP contribution in [0.2, 0.25) is 0 Å². The molecule has 0 fully saturated rings. The number of phosphoric ester groups is 1. The fourth-order valence-corrected chi connectivity index (χ4v) is 11.2. The maximum absolute atomic E-state index is 13.0. The molecule has 0 aromatic heterocycles. The van der Waals surface area contributed by atoms with Gasteiger partial charge in [-0.25, -0.2) is 0 Å². The van der Waals surface area contributed by atoms with Gasteiger partial charge in [-0.15, -0.1) is 0 Å². The highest BCUT2D eigenvalue weighted by Crippen LogP contribution is 2.38. The third-order valence-electron chi connectivity index (χ3n) is 15.8. The van der Waals surface area contributed by atoms with Crippen LogP contribution in [-0.4, -0.2) is 68.5 Å². The summed E-state index contributed by atoms with van der Waals surface area (Å²) in [6.07, 6.45) is 79.7. The smallest absolute Gasteiger partial charge is 0.268 e. The first-order valence-corrected chi connectivity index (χ1v) is 35.8. The molecule has 0 aliphatic rings. The van der Waals surface area contributed by atoms with Crippen molar-refractivity contribution in [3.63, 3.8) is 0 Å². The zero-order valence-corrected chi connectivity index (χ0v) is 53.8. The van der Waals surface area contributed by atoms with Crippen molar-refractivity contribution in [3.05, 3.63) is 36.5 Å². The summed E-state index contributed by atoms with van der Waals surface area (Å²) in [4.78, 5) is 25.6. The van der Waals surface area contributed by atoms with Gasteiger partial charge in [0, 0.05) is 6.42 Å². The average molecular weight is 1120 g/mol. The molecular formula is C69H135N2O6P. The lowest BCUT2D eigenvalue weighted by Gasteiger charge is -2.29. The molecule has 2 N–H and O–H groups in total. The number of likely N-dealkylation sites (N-methyl/N-ethyl adjacent to an activating group) is 1. The van der Waals surface area contributed by atoms with Crippen molar-refractivity contribution in [2.24, 2.45) is 0 Å². The molecule has 462 valence electrons. The quantitative estimate of drug-likeness (QED) is 0.0272. The number of allylic oxidation sites excluding steroid dienone is 5. The summed E-state index contributed by atoms with van der Waals surface area (Å²) in [7, 11) is 1.28. The number of phosphoric acid groups is 1. The highest BCUT2D eigenvalue weighted by Gasteiger charge is 2.23. The third kappa shape index (κ3) is 62.3. The molecule has 8 nitrogen and oxygen atoms in total. The van der Waals surface area contributed by atoms with E-state index in [1.165, 1.54) is 283 Å². The summed E-state index contributed by atoms with van der Waals surface area (Å²) < 4.78 is 23.5. The van der Waals surface area contributed by atoms with Gasteiger partial charge < -0.3 is 28.8 Å². The second kappa shape index (κ2) is 60.3. The number of nitrogens with one attached hydrogen (secondary N) is 1. The standard InChI is InChI=1S/C69H135N2O6P/c1-6-8-10-12-14-16-18-20-22-24-26-28-30-32-33-34-35-36-37-39-41-43-45-47-49-51-53-55-57-59-61-63-69(73)70-67(66-77-78(74,75)76-65-64-71(3,4)5)68(72)62-60-58-56-54-52-50-48-46-44-42-40-38-31-29-27-25-23-21-19-17-15-13-11-9-7-2/h26,28,32-33,60,62,67-68,72H,6-25,27,29-31,34-59,61,63-66H2,1-5H3,(H-,70,73,74,75)/b28-26-,33-32-,62-60+. The minimum atomic E-state index is -4.60. The number of amides is 1. The number of hydrogen-bond donors (Lipinski definition) is 2. The predicted molar refractivity (Wildman–Crippen MR) is 339 cm³/mol. The molecular weight excluding hydrogens is 984 g/mol. The van der Waals surface area contributed by atoms with E-state index in [0.717, 1.165) is 44.9 Å². The topological polar surface area (TPSA) is 108 Å². The van der Waals surface area contributed by atoms with Gasteiger partial charge in [0.25, 0.3) is 7.82 Å². The molecule has 0 aromatic carbocycles. The van der Waals surface area contributed by atoms with E-state index < -0.39 is 20.0 Å². The SMILES string of the molecule is CCCCCCCCCCC/C=C\C/C=C\CCCCCCCCCCCCCCCCCC(=O)NC(COP(=O)([O-])OCC[N+](C)(C)C)C(O)/C=C/CCCCCCCCCCCCCCCCCCCCCCCCC. The average Bonchev–Trinajstić information content (AvgIpc) is 3.41. The Bertz CT molecular complexity index is 1360. The third-order valence-corrected chi connectivity index (χ3v) is 16.8. The molecule has 0 saturated carbocycles. The first kappa shape index (κ1) is 76.7. The van der Waals surface area contributed by atoms with Gasteiger partial charge in [-0.3, -0.25) is 9.36 Å². The van der Waals surface area contributed by atoms with Gasteiger partial charge in [-0.1, -0.05) is 326 Å². The van der Waals surface area contributed by atoms with Crippen molar-refractivity contribution in [2.45, 2.75) is 360 Å². The number of carbonyl (C=O) groups excluding carboxylic acids is 1. The fraction of sp³-hybridized carbons (Fsp3) is 0.899. The summed E-state index contributed by atoms with van der Waals surface area (Å²) in [5, 5.41) is 14.0. The Morgan fingerprint density at radius 2 is 0.744 bits per heavy atom. The van der Waals surface area contributed by atoms with Gasteiger partial charge in [0.2, 0.25) is 5.91 Å². The lowest BCUT2D eigenvalue weighted by atomic mass is 10.0. The van der Waals surface area contributed by atoms with Crippen LogP contribution in [0.4, 0.5) is 0 Å². The van der Waals surface area contributed by atoms with Crippen LogP contribution in [0.25, 0.3) is 0 Å². The summed E-state index contributed by atoms with van der Waals surface area (Å²) in [6.45, 7) is 4.70. The summed E-state index contributed by atoms with van der Waals surface area (Å²) in [5.41, 5.74) is 0. The van der Waals surface area contributed by atoms with E-state index in [-0.39, 0.29) is 19.1 Å². The second-order valence-corrected chi connectivity index (χ2v) is 26.3. The van der Waals surface area contributed by atoms with Gasteiger partial charge in [0.15, 0.2) is 0 Å². The van der Waals surface area contributed by atoms with Gasteiger partial charge in [0.1, 0.15) is 13.2 Å². The molecule has 78 heavy (non-hydrogen) atoms. The van der Waals surface area contributed by atoms with Crippen LogP contribution in [-0.2, 0) is 18.4 Å². The van der Waals surface area contributed by atoms with Gasteiger partial charge in [-0.05, 0) is 51.4 Å². The van der Waals surface area contributed by atoms with Gasteiger partial charge in [-0.2, -0.15) is 0 Å². The molecule has 3 unspecified atom stereocenters. The Balaban J connectivity index is 4.07. The molecule has 0 saturated heterocycles. The molecule has 0 radical (unpaired) electrons. The Hall–Kier alpha value is -1.28. The van der Waals surface area contributed by atoms with Crippen LogP contribution in [0.1, 0.15) is 348 Å². The number of unbranched alkanes of at least 4 members (excludes halogenated alkanes) is 47. The fourth-order valence-electron chi connectivity index (χ4n) is 10.5. The highest BCUT2D eigenvalue weighted by atomic mass is 31.2. The van der Waals surface area contributed by atoms with Crippen LogP contribution in [0.3, 0.4) is 0 Å². The van der Waals surface area contributed by atoms with Crippen molar-refractivity contribution in [2.75, 3.05) is 40.9 Å². The zero-order valence-electron chi connectivity index (χ0n) is 52.9. The number of nitrogens with zero attached hydrogens (tertiary/aromatic N) is 1. The van der Waals surface area contributed by atoms with Crippen molar-refractivity contribution >= 4 is 13.7 Å². The largest absolute Gasteiger partial charge is 0.756 e. The van der Waals surface area contributed by atoms with E-state index >= 15 is 0 Å². The normalized spacial score (nSPS) is 13.9. The van der Waals surface area contributed by atoms with Gasteiger partial charge in [0.05, 0.1) is 39.9 Å². The summed E-state index contributed by atoms with van der Waals surface area (Å²) in [5.74, 6) is -0.192. The Morgan fingerprint density at radius 1 is 0.449 bits per heavy atom. The number of hydrogen-bond acceptors (Lipinski definition) is 6. The number of aliphatic hydroxyl groups is 1. The Kier molecular flexibility index (Phi) is 59.3. The van der Waals surface area contributed by atoms with Crippen LogP contribution in [0, 0.1) is 0 Å². The molecule has 1 amide bonds. The van der Waals surface area contributed by atoms with E-state index in [1.807, 2.05) is 27.2 Å². The van der Waals surface area contributed by atoms with E-state index in [2.05, 4.69) is 43.5 Å². The van der Waals surface area contributed by atoms with Crippen LogP contribution in [0.15, 0.2) is 36.5 Å². The van der Waals surface area contributed by atoms with Crippen molar-refractivity contribution in [1.82, 2.24) is 5.32 Å². The maximum Gasteiger partial charge on any atom is 0.268 e. The zero-order chi connectivity index (χ0) is 57.0. The molecule has 0 spiro atoms. The molecule has 0 aromatic rings. The van der Waals surface area contributed by atoms with Crippen LogP contribution >= 0.6 is 7.82 Å².